The number of alkyl halides is 9. The molecule has 2 unspecified atom stereocenters. The standard InChI is InChI=1S/C23H17Cl2F6N3O4.C23H20Cl2F3N3O4/c1-11-4-12(2-3-16(11)19(35)32-18-9-37-34(20(18)36)10-22(26,27)28)17-8-21(38-33-17,23(29,30)31)13-5-14(24)7-15(25)6-13;1-3-31-21(33)19(11-34-31)29-20(32)17-5-4-13(6-12(17)2)18-10-22(35-30-18,23(26,27)28)14-7-15(24)9-16(25)8-14/h2-7,18H,8-10H2,1H3,(H,32,35);4-9,19H,3,10-11H2,1-2H3,(H,29,32)/t18-,21?;19-,22?/m11/s1. The molecule has 0 bridgehead atoms. The lowest BCUT2D eigenvalue weighted by molar-refractivity contribution is -0.276. The maximum atomic E-state index is 14.2. The number of benzene rings is 4. The van der Waals surface area contributed by atoms with E-state index < -0.39 is 85.5 Å². The Hall–Kier alpha value is -5.85. The molecular weight excluding hydrogens is 1080 g/mol. The van der Waals surface area contributed by atoms with Crippen LogP contribution in [0.1, 0.15) is 73.9 Å². The van der Waals surface area contributed by atoms with Crippen LogP contribution in [0.3, 0.4) is 0 Å². The number of carbonyl (C=O) groups excluding carboxylic acids is 4. The van der Waals surface area contributed by atoms with Crippen molar-refractivity contribution in [2.24, 2.45) is 10.3 Å². The first kappa shape index (κ1) is 54.9. The predicted octanol–water partition coefficient (Wildman–Crippen LogP) is 10.1. The monoisotopic (exact) mass is 1110 g/mol. The van der Waals surface area contributed by atoms with E-state index in [0.717, 1.165) is 24.3 Å². The number of oxime groups is 2. The molecule has 4 aromatic carbocycles. The quantitative estimate of drug-likeness (QED) is 0.149. The third kappa shape index (κ3) is 11.6. The van der Waals surface area contributed by atoms with Gasteiger partial charge in [0.15, 0.2) is 0 Å². The maximum Gasteiger partial charge on any atom is 0.435 e. The van der Waals surface area contributed by atoms with Crippen LogP contribution >= 0.6 is 46.4 Å². The van der Waals surface area contributed by atoms with E-state index in [2.05, 4.69) is 20.9 Å². The Bertz CT molecular complexity index is 2880. The van der Waals surface area contributed by atoms with E-state index in [0.29, 0.717) is 23.2 Å². The number of nitrogens with zero attached hydrogens (tertiary/aromatic N) is 4. The summed E-state index contributed by atoms with van der Waals surface area (Å²) in [5.41, 5.74) is -4.53. The number of carbonyl (C=O) groups is 4. The average molecular weight is 1110 g/mol. The van der Waals surface area contributed by atoms with Crippen molar-refractivity contribution in [3.63, 3.8) is 0 Å². The van der Waals surface area contributed by atoms with Crippen LogP contribution in [-0.4, -0.2) is 102 Å². The predicted molar refractivity (Wildman–Crippen MR) is 245 cm³/mol. The molecule has 2 saturated heterocycles. The van der Waals surface area contributed by atoms with Crippen molar-refractivity contribution >= 4 is 81.5 Å². The fraction of sp³-hybridized carbons (Fsp3) is 0.348. The first-order valence-corrected chi connectivity index (χ1v) is 22.9. The van der Waals surface area contributed by atoms with Crippen molar-refractivity contribution < 1.29 is 78.0 Å². The van der Waals surface area contributed by atoms with Gasteiger partial charge in [0.25, 0.3) is 34.8 Å². The Morgan fingerprint density at radius 2 is 0.986 bits per heavy atom. The second kappa shape index (κ2) is 20.8. The molecule has 4 amide bonds. The summed E-state index contributed by atoms with van der Waals surface area (Å²) in [7, 11) is 0. The smallest absolute Gasteiger partial charge is 0.374 e. The number of hydrogen-bond donors (Lipinski definition) is 2. The maximum absolute atomic E-state index is 14.2. The van der Waals surface area contributed by atoms with Crippen molar-refractivity contribution in [1.29, 1.82) is 0 Å². The lowest BCUT2D eigenvalue weighted by Gasteiger charge is -2.29. The molecule has 4 aliphatic rings. The number of halogens is 13. The summed E-state index contributed by atoms with van der Waals surface area (Å²) in [5.74, 6) is -2.70. The van der Waals surface area contributed by atoms with Crippen LogP contribution in [-0.2, 0) is 40.1 Å². The van der Waals surface area contributed by atoms with Crippen LogP contribution in [0.15, 0.2) is 83.1 Å². The summed E-state index contributed by atoms with van der Waals surface area (Å²) < 4.78 is 123. The van der Waals surface area contributed by atoms with Crippen molar-refractivity contribution in [2.75, 3.05) is 26.3 Å². The largest absolute Gasteiger partial charge is 0.435 e. The highest BCUT2D eigenvalue weighted by Crippen LogP contribution is 2.51. The molecule has 0 saturated carbocycles. The van der Waals surface area contributed by atoms with E-state index in [1.54, 1.807) is 19.9 Å². The lowest BCUT2D eigenvalue weighted by Crippen LogP contribution is -2.44. The molecule has 73 heavy (non-hydrogen) atoms. The number of likely N-dealkylation sites (N-methyl/N-ethyl adjacent to an activating group) is 1. The summed E-state index contributed by atoms with van der Waals surface area (Å²) in [4.78, 5) is 69.6. The summed E-state index contributed by atoms with van der Waals surface area (Å²) >= 11 is 23.7. The van der Waals surface area contributed by atoms with Gasteiger partial charge in [-0.25, -0.2) is 10.1 Å². The molecule has 4 aromatic rings. The van der Waals surface area contributed by atoms with Crippen molar-refractivity contribution in [2.45, 2.75) is 75.4 Å². The number of hydrogen-bond acceptors (Lipinski definition) is 10. The van der Waals surface area contributed by atoms with Crippen LogP contribution in [0.5, 0.6) is 0 Å². The number of aryl methyl sites for hydroxylation is 2. The highest BCUT2D eigenvalue weighted by atomic mass is 35.5. The van der Waals surface area contributed by atoms with Gasteiger partial charge in [0.2, 0.25) is 0 Å². The fourth-order valence-corrected chi connectivity index (χ4v) is 9.10. The summed E-state index contributed by atoms with van der Waals surface area (Å²) in [6.07, 6.45) is -15.7. The van der Waals surface area contributed by atoms with Crippen LogP contribution in [0.4, 0.5) is 39.5 Å². The highest BCUT2D eigenvalue weighted by Gasteiger charge is 2.63. The molecule has 0 aromatic heterocycles. The van der Waals surface area contributed by atoms with Gasteiger partial charge < -0.3 is 20.3 Å². The second-order valence-corrected chi connectivity index (χ2v) is 18.5. The number of rotatable bonds is 10. The minimum absolute atomic E-state index is 0.0212. The molecule has 0 aliphatic carbocycles. The van der Waals surface area contributed by atoms with Gasteiger partial charge in [-0.1, -0.05) is 68.8 Å². The number of nitrogens with one attached hydrogen (secondary N) is 2. The topological polar surface area (TPSA) is 160 Å². The molecule has 14 nitrogen and oxygen atoms in total. The Morgan fingerprint density at radius 3 is 1.32 bits per heavy atom. The molecule has 390 valence electrons. The zero-order chi connectivity index (χ0) is 53.6. The SMILES string of the molecule is CCN1OC[C@@H](NC(=O)c2ccc(C3=NOC(c4cc(Cl)cc(Cl)c4)(C(F)(F)F)C3)cc2C)C1=O.Cc1cc(C2=NOC(c3cc(Cl)cc(Cl)c3)(C(F)(F)F)C2)ccc1C(=O)N[C@@H]1CON(CC(F)(F)F)C1=O. The van der Waals surface area contributed by atoms with Crippen molar-refractivity contribution in [3.8, 4) is 0 Å². The molecule has 2 fully saturated rings. The molecule has 4 heterocycles. The zero-order valence-electron chi connectivity index (χ0n) is 37.8. The zero-order valence-corrected chi connectivity index (χ0v) is 40.8. The number of amides is 4. The van der Waals surface area contributed by atoms with E-state index in [9.17, 15) is 58.7 Å². The van der Waals surface area contributed by atoms with Crippen molar-refractivity contribution in [1.82, 2.24) is 20.8 Å². The van der Waals surface area contributed by atoms with E-state index >= 15 is 0 Å². The van der Waals surface area contributed by atoms with Gasteiger partial charge in [0.05, 0.1) is 11.4 Å². The normalized spacial score (nSPS) is 22.1. The summed E-state index contributed by atoms with van der Waals surface area (Å²) in [6.45, 7) is 3.13. The Balaban J connectivity index is 0.000000214. The van der Waals surface area contributed by atoms with Crippen LogP contribution < -0.4 is 10.6 Å². The molecule has 0 radical (unpaired) electrons. The lowest BCUT2D eigenvalue weighted by atomic mass is 9.86. The first-order valence-electron chi connectivity index (χ1n) is 21.4. The Labute approximate surface area is 428 Å². The van der Waals surface area contributed by atoms with Gasteiger partial charge in [-0.3, -0.25) is 28.9 Å². The van der Waals surface area contributed by atoms with Crippen LogP contribution in [0, 0.1) is 13.8 Å². The van der Waals surface area contributed by atoms with Gasteiger partial charge >= 0.3 is 18.5 Å². The Morgan fingerprint density at radius 1 is 0.616 bits per heavy atom. The molecule has 27 heteroatoms. The van der Waals surface area contributed by atoms with Gasteiger partial charge in [-0.2, -0.15) is 39.5 Å². The first-order chi connectivity index (χ1) is 34.0. The molecule has 0 spiro atoms. The molecule has 8 rings (SSSR count). The van der Waals surface area contributed by atoms with Crippen molar-refractivity contribution in [3.05, 3.63) is 137 Å². The van der Waals surface area contributed by atoms with E-state index in [1.165, 1.54) is 54.5 Å². The Kier molecular flexibility index (Phi) is 15.7. The third-order valence-electron chi connectivity index (χ3n) is 11.7. The highest BCUT2D eigenvalue weighted by molar-refractivity contribution is 6.35. The third-order valence-corrected chi connectivity index (χ3v) is 12.6. The van der Waals surface area contributed by atoms with E-state index in [-0.39, 0.29) is 76.9 Å². The van der Waals surface area contributed by atoms with Gasteiger partial charge in [-0.15, -0.1) is 0 Å². The van der Waals surface area contributed by atoms with Gasteiger partial charge in [-0.05, 0) is 104 Å². The summed E-state index contributed by atoms with van der Waals surface area (Å²) in [5, 5.41) is 13.6. The number of hydroxylamine groups is 4. The van der Waals surface area contributed by atoms with Crippen LogP contribution in [0.25, 0.3) is 0 Å². The molecule has 2 N–H and O–H groups in total. The van der Waals surface area contributed by atoms with E-state index in [1.807, 2.05) is 0 Å². The second-order valence-electron chi connectivity index (χ2n) is 16.8. The minimum atomic E-state index is -4.89. The van der Waals surface area contributed by atoms with Gasteiger partial charge in [0.1, 0.15) is 31.8 Å². The molecule has 4 atom stereocenters. The molecular formula is C46H37Cl4F9N6O8. The van der Waals surface area contributed by atoms with E-state index in [4.69, 9.17) is 65.8 Å². The average Bonchev–Trinajstić information content (AvgIpc) is 4.10. The van der Waals surface area contributed by atoms with Crippen LogP contribution in [0.2, 0.25) is 20.1 Å². The fourth-order valence-electron chi connectivity index (χ4n) is 8.05. The molecule has 4 aliphatic heterocycles. The van der Waals surface area contributed by atoms with Gasteiger partial charge in [0, 0.05) is 61.7 Å². The minimum Gasteiger partial charge on any atom is -0.374 e. The summed E-state index contributed by atoms with van der Waals surface area (Å²) in [6, 6.07) is 13.4.